The summed E-state index contributed by atoms with van der Waals surface area (Å²) in [5.41, 5.74) is -0.0884. The molecule has 0 atom stereocenters. The molecule has 2 N–H and O–H groups in total. The third kappa shape index (κ3) is 4.06. The molecular weight excluding hydrogens is 323 g/mol. The zero-order valence-corrected chi connectivity index (χ0v) is 10.2. The summed E-state index contributed by atoms with van der Waals surface area (Å²) >= 11 is 2.95. The average molecular weight is 330 g/mol. The first kappa shape index (κ1) is 14.6. The normalized spacial score (nSPS) is 11.3. The predicted octanol–water partition coefficient (Wildman–Crippen LogP) is 2.21. The lowest BCUT2D eigenvalue weighted by Gasteiger charge is -2.12. The fraction of sp³-hybridized carbons (Fsp3) is 0.333. The van der Waals surface area contributed by atoms with Crippen LogP contribution in [0.25, 0.3) is 0 Å². The lowest BCUT2D eigenvalue weighted by atomic mass is 10.2. The number of hydrogen-bond donors (Lipinski definition) is 2. The molecule has 1 aromatic heterocycles. The largest absolute Gasteiger partial charge is 0.574 e. The van der Waals surface area contributed by atoms with E-state index in [-0.39, 0.29) is 16.6 Å². The number of nitrogens with zero attached hydrogens (tertiary/aromatic N) is 1. The van der Waals surface area contributed by atoms with Crippen molar-refractivity contribution in [2.24, 2.45) is 0 Å². The molecule has 0 aliphatic heterocycles. The van der Waals surface area contributed by atoms with E-state index in [1.165, 1.54) is 6.07 Å². The smallest absolute Gasteiger partial charge is 0.503 e. The van der Waals surface area contributed by atoms with Gasteiger partial charge in [0.1, 0.15) is 0 Å². The van der Waals surface area contributed by atoms with Gasteiger partial charge in [-0.2, -0.15) is 0 Å². The zero-order chi connectivity index (χ0) is 13.9. The summed E-state index contributed by atoms with van der Waals surface area (Å²) in [5.74, 6) is -3.10. The highest BCUT2D eigenvalue weighted by molar-refractivity contribution is 9.08. The summed E-state index contributed by atoms with van der Waals surface area (Å²) in [6, 6.07) is 1.18. The maximum atomic E-state index is 12.0. The van der Waals surface area contributed by atoms with Crippen LogP contribution < -0.4 is 4.74 Å². The van der Waals surface area contributed by atoms with Crippen molar-refractivity contribution in [2.45, 2.75) is 18.1 Å². The van der Waals surface area contributed by atoms with Gasteiger partial charge in [0.25, 0.3) is 5.88 Å². The number of hydrogen-bond acceptors (Lipinski definition) is 4. The minimum atomic E-state index is -5.02. The van der Waals surface area contributed by atoms with Gasteiger partial charge in [-0.3, -0.25) is 4.79 Å². The molecule has 1 rings (SSSR count). The Hall–Kier alpha value is -1.51. The summed E-state index contributed by atoms with van der Waals surface area (Å²) in [5, 5.41) is 18.0. The van der Waals surface area contributed by atoms with Crippen LogP contribution in [-0.4, -0.2) is 27.5 Å². The van der Waals surface area contributed by atoms with Crippen LogP contribution >= 0.6 is 15.9 Å². The van der Waals surface area contributed by atoms with Gasteiger partial charge in [-0.1, -0.05) is 15.9 Å². The second-order valence-electron chi connectivity index (χ2n) is 3.18. The number of halogens is 4. The number of aromatic nitrogens is 1. The molecule has 0 aliphatic rings. The minimum absolute atomic E-state index is 0.0299. The summed E-state index contributed by atoms with van der Waals surface area (Å²) in [4.78, 5) is 13.8. The fourth-order valence-electron chi connectivity index (χ4n) is 1.15. The van der Waals surface area contributed by atoms with Gasteiger partial charge in [0.05, 0.1) is 12.1 Å². The molecule has 0 fully saturated rings. The van der Waals surface area contributed by atoms with Crippen LogP contribution in [0.2, 0.25) is 0 Å². The molecule has 18 heavy (non-hydrogen) atoms. The molecule has 0 bridgehead atoms. The van der Waals surface area contributed by atoms with Gasteiger partial charge < -0.3 is 14.9 Å². The molecule has 0 radical (unpaired) electrons. The van der Waals surface area contributed by atoms with Gasteiger partial charge >= 0.3 is 12.3 Å². The van der Waals surface area contributed by atoms with E-state index in [4.69, 9.17) is 5.11 Å². The molecule has 0 aliphatic carbocycles. The van der Waals surface area contributed by atoms with E-state index in [1.54, 1.807) is 0 Å². The third-order valence-corrected chi connectivity index (χ3v) is 2.39. The first-order valence-electron chi connectivity index (χ1n) is 4.48. The highest BCUT2D eigenvalue weighted by atomic mass is 79.9. The standard InChI is InChI=1S/C9H7BrF3NO4/c10-3-4-1-5(2-6(15)16)14-8(7(4)17)18-9(11,12)13/h1,17H,2-3H2,(H,15,16). The van der Waals surface area contributed by atoms with Gasteiger partial charge in [0.15, 0.2) is 5.75 Å². The van der Waals surface area contributed by atoms with Gasteiger partial charge in [0.2, 0.25) is 0 Å². The monoisotopic (exact) mass is 329 g/mol. The van der Waals surface area contributed by atoms with Crippen molar-refractivity contribution in [1.82, 2.24) is 4.98 Å². The van der Waals surface area contributed by atoms with E-state index in [2.05, 4.69) is 25.7 Å². The number of carboxylic acids is 1. The number of ether oxygens (including phenoxy) is 1. The van der Waals surface area contributed by atoms with Crippen LogP contribution in [0.1, 0.15) is 11.3 Å². The maximum absolute atomic E-state index is 12.0. The summed E-state index contributed by atoms with van der Waals surface area (Å²) in [6.45, 7) is 0. The Morgan fingerprint density at radius 3 is 2.56 bits per heavy atom. The van der Waals surface area contributed by atoms with Gasteiger partial charge in [-0.25, -0.2) is 4.98 Å². The van der Waals surface area contributed by atoms with Crippen LogP contribution in [0.4, 0.5) is 13.2 Å². The predicted molar refractivity (Wildman–Crippen MR) is 56.6 cm³/mol. The second kappa shape index (κ2) is 5.42. The van der Waals surface area contributed by atoms with Crippen LogP contribution in [0, 0.1) is 0 Å². The summed E-state index contributed by atoms with van der Waals surface area (Å²) < 4.78 is 39.7. The van der Waals surface area contributed by atoms with Crippen LogP contribution in [-0.2, 0) is 16.5 Å². The lowest BCUT2D eigenvalue weighted by Crippen LogP contribution is -2.19. The van der Waals surface area contributed by atoms with Gasteiger partial charge in [-0.05, 0) is 6.07 Å². The zero-order valence-electron chi connectivity index (χ0n) is 8.66. The number of alkyl halides is 4. The highest BCUT2D eigenvalue weighted by Gasteiger charge is 2.34. The molecule has 0 amide bonds. The van der Waals surface area contributed by atoms with E-state index in [1.807, 2.05) is 0 Å². The quantitative estimate of drug-likeness (QED) is 0.828. The van der Waals surface area contributed by atoms with E-state index >= 15 is 0 Å². The fourth-order valence-corrected chi connectivity index (χ4v) is 1.58. The van der Waals surface area contributed by atoms with Gasteiger partial charge in [-0.15, -0.1) is 13.2 Å². The molecular formula is C9H7BrF3NO4. The van der Waals surface area contributed by atoms with E-state index in [0.717, 1.165) is 0 Å². The van der Waals surface area contributed by atoms with Crippen molar-refractivity contribution >= 4 is 21.9 Å². The number of carbonyl (C=O) groups is 1. The molecule has 0 saturated carbocycles. The SMILES string of the molecule is O=C(O)Cc1cc(CBr)c(O)c(OC(F)(F)F)n1. The maximum Gasteiger partial charge on any atom is 0.574 e. The Bertz CT molecular complexity index is 464. The number of rotatable bonds is 4. The van der Waals surface area contributed by atoms with E-state index in [9.17, 15) is 23.1 Å². The number of carboxylic acid groups (broad SMARTS) is 1. The minimum Gasteiger partial charge on any atom is -0.503 e. The molecule has 1 heterocycles. The summed E-state index contributed by atoms with van der Waals surface area (Å²) in [6.07, 6.45) is -5.59. The lowest BCUT2D eigenvalue weighted by molar-refractivity contribution is -0.276. The van der Waals surface area contributed by atoms with Crippen molar-refractivity contribution in [3.05, 3.63) is 17.3 Å². The molecule has 0 spiro atoms. The first-order chi connectivity index (χ1) is 8.23. The topological polar surface area (TPSA) is 79.7 Å². The van der Waals surface area contributed by atoms with Crippen molar-refractivity contribution in [3.8, 4) is 11.6 Å². The second-order valence-corrected chi connectivity index (χ2v) is 3.74. The molecule has 100 valence electrons. The third-order valence-electron chi connectivity index (χ3n) is 1.78. The molecule has 0 aromatic carbocycles. The number of aromatic hydroxyl groups is 1. The van der Waals surface area contributed by atoms with Crippen LogP contribution in [0.3, 0.4) is 0 Å². The van der Waals surface area contributed by atoms with Crippen LogP contribution in [0.5, 0.6) is 11.6 Å². The molecule has 9 heteroatoms. The first-order valence-corrected chi connectivity index (χ1v) is 5.60. The average Bonchev–Trinajstić information content (AvgIpc) is 2.19. The molecule has 0 unspecified atom stereocenters. The number of pyridine rings is 1. The van der Waals surface area contributed by atoms with Crippen molar-refractivity contribution in [2.75, 3.05) is 0 Å². The summed E-state index contributed by atoms with van der Waals surface area (Å²) in [7, 11) is 0. The molecule has 1 aromatic rings. The van der Waals surface area contributed by atoms with Crippen molar-refractivity contribution in [3.63, 3.8) is 0 Å². The molecule has 0 saturated heterocycles. The van der Waals surface area contributed by atoms with Gasteiger partial charge in [0, 0.05) is 10.9 Å². The Balaban J connectivity index is 3.18. The Labute approximate surface area is 107 Å². The molecule has 5 nitrogen and oxygen atoms in total. The Kier molecular flexibility index (Phi) is 4.38. The van der Waals surface area contributed by atoms with Crippen LogP contribution in [0.15, 0.2) is 6.07 Å². The van der Waals surface area contributed by atoms with Crippen molar-refractivity contribution < 1.29 is 32.9 Å². The Morgan fingerprint density at radius 1 is 1.50 bits per heavy atom. The number of aliphatic carboxylic acids is 1. The van der Waals surface area contributed by atoms with Crippen molar-refractivity contribution in [1.29, 1.82) is 0 Å². The Morgan fingerprint density at radius 2 is 2.11 bits per heavy atom. The highest BCUT2D eigenvalue weighted by Crippen LogP contribution is 2.34. The van der Waals surface area contributed by atoms with E-state index in [0.29, 0.717) is 0 Å². The van der Waals surface area contributed by atoms with E-state index < -0.39 is 30.4 Å².